The van der Waals surface area contributed by atoms with Crippen molar-refractivity contribution in [3.05, 3.63) is 0 Å². The molecule has 11 atom stereocenters. The van der Waals surface area contributed by atoms with E-state index in [1.807, 2.05) is 18.9 Å². The number of carbonyl (C=O) groups excluding carboxylic acids is 2. The first-order chi connectivity index (χ1) is 18.9. The summed E-state index contributed by atoms with van der Waals surface area (Å²) >= 11 is 0. The molecule has 2 fully saturated rings. The number of methoxy groups -OCH3 is 1. The van der Waals surface area contributed by atoms with E-state index in [0.717, 1.165) is 0 Å². The third kappa shape index (κ3) is 9.54. The number of esters is 1. The van der Waals surface area contributed by atoms with E-state index in [0.29, 0.717) is 19.7 Å². The van der Waals surface area contributed by atoms with E-state index in [9.17, 15) is 30.0 Å². The Morgan fingerprint density at radius 1 is 1.05 bits per heavy atom. The molecule has 2 aliphatic heterocycles. The van der Waals surface area contributed by atoms with Crippen LogP contribution >= 0.6 is 0 Å². The van der Waals surface area contributed by atoms with Crippen molar-refractivity contribution in [2.45, 2.75) is 95.2 Å². The molecule has 5 unspecified atom stereocenters. The van der Waals surface area contributed by atoms with E-state index in [4.69, 9.17) is 23.7 Å². The van der Waals surface area contributed by atoms with Crippen LogP contribution < -0.4 is 10.6 Å². The summed E-state index contributed by atoms with van der Waals surface area (Å²) in [5.74, 6) is -1.23. The second-order valence-electron chi connectivity index (χ2n) is 10.7. The second-order valence-corrected chi connectivity index (χ2v) is 10.7. The molecular weight excluding hydrogens is 530 g/mol. The SMILES string of the molecule is COCCOC(=O)CCNC(C)CN(C)C1[C@H](C)OC(CO)[C@@H](O[C@@H]2OC(CO)[C@H](C)[C@H](O)C2NC(C)=O)[C@@H]1O. The molecule has 0 aromatic rings. The molecule has 6 N–H and O–H groups in total. The number of amides is 1. The molecule has 0 aromatic carbocycles. The van der Waals surface area contributed by atoms with Crippen LogP contribution in [0.15, 0.2) is 0 Å². The van der Waals surface area contributed by atoms with Crippen molar-refractivity contribution >= 4 is 11.9 Å². The summed E-state index contributed by atoms with van der Waals surface area (Å²) in [6.07, 6.45) is -6.45. The fourth-order valence-corrected chi connectivity index (χ4v) is 5.37. The van der Waals surface area contributed by atoms with Crippen molar-refractivity contribution in [1.29, 1.82) is 0 Å². The number of rotatable bonds is 15. The zero-order valence-electron chi connectivity index (χ0n) is 24.4. The van der Waals surface area contributed by atoms with Gasteiger partial charge in [0.25, 0.3) is 0 Å². The van der Waals surface area contributed by atoms with E-state index in [1.165, 1.54) is 14.0 Å². The van der Waals surface area contributed by atoms with Gasteiger partial charge in [-0.05, 0) is 20.9 Å². The van der Waals surface area contributed by atoms with E-state index in [2.05, 4.69) is 10.6 Å². The Kier molecular flexibility index (Phi) is 14.6. The van der Waals surface area contributed by atoms with Crippen LogP contribution in [0.1, 0.15) is 34.1 Å². The Bertz CT molecular complexity index is 778. The fourth-order valence-electron chi connectivity index (χ4n) is 5.37. The van der Waals surface area contributed by atoms with Gasteiger partial charge in [0.2, 0.25) is 5.91 Å². The van der Waals surface area contributed by atoms with Crippen LogP contribution in [0.4, 0.5) is 0 Å². The summed E-state index contributed by atoms with van der Waals surface area (Å²) in [7, 11) is 3.36. The topological polar surface area (TPSA) is 189 Å². The minimum Gasteiger partial charge on any atom is -0.463 e. The Balaban J connectivity index is 2.06. The molecule has 14 nitrogen and oxygen atoms in total. The summed E-state index contributed by atoms with van der Waals surface area (Å²) in [5, 5.41) is 48.0. The standard InChI is InChI=1S/C26H49N3O11/c1-14(27-8-7-20(33)37-10-9-36-6)11-29(5)22-16(3)38-19(13-31)25(24(22)35)40-26-21(28-17(4)32)23(34)15(2)18(12-30)39-26/h14-16,18-19,21-27,30-31,34-35H,7-13H2,1-6H3,(H,28,32)/t14?,15-,16-,18?,19?,21?,22?,23-,24+,25+,26-/m0/s1. The lowest BCUT2D eigenvalue weighted by Gasteiger charge is -2.50. The van der Waals surface area contributed by atoms with Gasteiger partial charge < -0.3 is 54.7 Å². The van der Waals surface area contributed by atoms with Crippen LogP contribution in [0.25, 0.3) is 0 Å². The maximum Gasteiger partial charge on any atom is 0.307 e. The van der Waals surface area contributed by atoms with Crippen molar-refractivity contribution in [2.75, 3.05) is 53.7 Å². The summed E-state index contributed by atoms with van der Waals surface area (Å²) in [6.45, 7) is 7.36. The second kappa shape index (κ2) is 16.9. The third-order valence-corrected chi connectivity index (χ3v) is 7.48. The maximum atomic E-state index is 11.9. The Hall–Kier alpha value is -1.46. The van der Waals surface area contributed by atoms with Gasteiger partial charge in [-0.15, -0.1) is 0 Å². The first-order valence-corrected chi connectivity index (χ1v) is 13.8. The Morgan fingerprint density at radius 2 is 1.73 bits per heavy atom. The maximum absolute atomic E-state index is 11.9. The monoisotopic (exact) mass is 579 g/mol. The minimum atomic E-state index is -1.21. The van der Waals surface area contributed by atoms with Gasteiger partial charge in [0.15, 0.2) is 6.29 Å². The van der Waals surface area contributed by atoms with Crippen LogP contribution in [0.3, 0.4) is 0 Å². The number of hydrogen-bond acceptors (Lipinski definition) is 13. The number of nitrogens with zero attached hydrogens (tertiary/aromatic N) is 1. The molecule has 14 heteroatoms. The molecule has 2 aliphatic rings. The van der Waals surface area contributed by atoms with Crippen LogP contribution in [0.2, 0.25) is 0 Å². The van der Waals surface area contributed by atoms with Gasteiger partial charge in [-0.3, -0.25) is 14.5 Å². The summed E-state index contributed by atoms with van der Waals surface area (Å²) in [5.41, 5.74) is 0. The number of nitrogens with one attached hydrogen (secondary N) is 2. The van der Waals surface area contributed by atoms with Crippen molar-refractivity contribution in [2.24, 2.45) is 5.92 Å². The molecule has 0 spiro atoms. The molecule has 2 heterocycles. The van der Waals surface area contributed by atoms with Gasteiger partial charge in [0, 0.05) is 39.1 Å². The quantitative estimate of drug-likeness (QED) is 0.0890. The molecule has 0 saturated carbocycles. The first kappa shape index (κ1) is 34.7. The predicted octanol–water partition coefficient (Wildman–Crippen LogP) is -2.41. The van der Waals surface area contributed by atoms with Crippen molar-refractivity contribution in [1.82, 2.24) is 15.5 Å². The lowest BCUT2D eigenvalue weighted by atomic mass is 9.88. The normalized spacial score (nSPS) is 35.4. The fraction of sp³-hybridized carbons (Fsp3) is 0.923. The lowest BCUT2D eigenvalue weighted by molar-refractivity contribution is -0.310. The molecule has 2 saturated heterocycles. The van der Waals surface area contributed by atoms with Crippen molar-refractivity contribution in [3.8, 4) is 0 Å². The molecule has 0 aromatic heterocycles. The van der Waals surface area contributed by atoms with Crippen LogP contribution in [-0.2, 0) is 33.3 Å². The highest BCUT2D eigenvalue weighted by molar-refractivity contribution is 5.73. The number of aliphatic hydroxyl groups excluding tert-OH is 4. The minimum absolute atomic E-state index is 0.0566. The molecule has 1 amide bonds. The van der Waals surface area contributed by atoms with Gasteiger partial charge in [0.1, 0.15) is 31.0 Å². The van der Waals surface area contributed by atoms with Gasteiger partial charge in [-0.25, -0.2) is 0 Å². The summed E-state index contributed by atoms with van der Waals surface area (Å²) in [6, 6.07) is -1.57. The number of aliphatic hydroxyl groups is 4. The van der Waals surface area contributed by atoms with E-state index < -0.39 is 73.4 Å². The molecule has 40 heavy (non-hydrogen) atoms. The van der Waals surface area contributed by atoms with Gasteiger partial charge >= 0.3 is 5.97 Å². The average Bonchev–Trinajstić information content (AvgIpc) is 2.89. The number of likely N-dealkylation sites (N-methyl/N-ethyl adjacent to an activating group) is 1. The molecule has 234 valence electrons. The molecule has 0 bridgehead atoms. The highest BCUT2D eigenvalue weighted by Gasteiger charge is 2.50. The summed E-state index contributed by atoms with van der Waals surface area (Å²) < 4.78 is 28.0. The lowest BCUT2D eigenvalue weighted by Crippen LogP contribution is -2.67. The number of ether oxygens (including phenoxy) is 5. The van der Waals surface area contributed by atoms with E-state index >= 15 is 0 Å². The highest BCUT2D eigenvalue weighted by atomic mass is 16.7. The van der Waals surface area contributed by atoms with Gasteiger partial charge in [0.05, 0.1) is 50.6 Å². The molecular formula is C26H49N3O11. The van der Waals surface area contributed by atoms with Crippen molar-refractivity contribution in [3.63, 3.8) is 0 Å². The molecule has 0 radical (unpaired) electrons. The average molecular weight is 580 g/mol. The molecule has 0 aliphatic carbocycles. The zero-order valence-corrected chi connectivity index (χ0v) is 24.4. The van der Waals surface area contributed by atoms with E-state index in [1.54, 1.807) is 13.8 Å². The third-order valence-electron chi connectivity index (χ3n) is 7.48. The first-order valence-electron chi connectivity index (χ1n) is 13.8. The molecule has 2 rings (SSSR count). The number of hydrogen-bond donors (Lipinski definition) is 6. The van der Waals surface area contributed by atoms with Crippen LogP contribution in [-0.4, -0.2) is 152 Å². The summed E-state index contributed by atoms with van der Waals surface area (Å²) in [4.78, 5) is 25.6. The van der Waals surface area contributed by atoms with Crippen molar-refractivity contribution < 1.29 is 53.7 Å². The van der Waals surface area contributed by atoms with Crippen LogP contribution in [0.5, 0.6) is 0 Å². The predicted molar refractivity (Wildman–Crippen MR) is 142 cm³/mol. The smallest absolute Gasteiger partial charge is 0.307 e. The number of carbonyl (C=O) groups is 2. The highest BCUT2D eigenvalue weighted by Crippen LogP contribution is 2.32. The Labute approximate surface area is 236 Å². The van der Waals surface area contributed by atoms with Crippen LogP contribution in [0, 0.1) is 5.92 Å². The van der Waals surface area contributed by atoms with E-state index in [-0.39, 0.29) is 31.6 Å². The Morgan fingerprint density at radius 3 is 2.33 bits per heavy atom. The van der Waals surface area contributed by atoms with Gasteiger partial charge in [-0.1, -0.05) is 6.92 Å². The van der Waals surface area contributed by atoms with Gasteiger partial charge in [-0.2, -0.15) is 0 Å². The zero-order chi connectivity index (χ0) is 30.0. The largest absolute Gasteiger partial charge is 0.463 e.